The number of nitrogens with zero attached hydrogens (tertiary/aromatic N) is 1. The first-order valence-corrected chi connectivity index (χ1v) is 12.2. The summed E-state index contributed by atoms with van der Waals surface area (Å²) in [4.78, 5) is 2.55. The molecule has 5 nitrogen and oxygen atoms in total. The first kappa shape index (κ1) is 20.9. The van der Waals surface area contributed by atoms with Gasteiger partial charge < -0.3 is 9.84 Å². The fourth-order valence-electron chi connectivity index (χ4n) is 4.45. The number of halogens is 2. The quantitative estimate of drug-likeness (QED) is 0.740. The Hall–Kier alpha value is -1.31. The van der Waals surface area contributed by atoms with E-state index in [1.807, 2.05) is 6.07 Å². The number of fused-ring (bicyclic) bond motifs is 1. The van der Waals surface area contributed by atoms with Crippen molar-refractivity contribution in [2.75, 3.05) is 19.4 Å². The molecule has 0 bridgehead atoms. The number of sulfone groups is 1. The van der Waals surface area contributed by atoms with E-state index >= 15 is 0 Å². The second-order valence-electron chi connectivity index (χ2n) is 7.73. The van der Waals surface area contributed by atoms with Gasteiger partial charge in [-0.3, -0.25) is 4.90 Å². The molecule has 0 saturated carbocycles. The van der Waals surface area contributed by atoms with Gasteiger partial charge in [-0.25, -0.2) is 8.42 Å². The van der Waals surface area contributed by atoms with Crippen LogP contribution in [-0.4, -0.2) is 49.9 Å². The number of hydrogen-bond donors (Lipinski definition) is 1. The van der Waals surface area contributed by atoms with Crippen molar-refractivity contribution >= 4 is 33.0 Å². The van der Waals surface area contributed by atoms with Gasteiger partial charge in [0.15, 0.2) is 9.84 Å². The molecule has 0 spiro atoms. The summed E-state index contributed by atoms with van der Waals surface area (Å²) in [5.41, 5.74) is 1.96. The summed E-state index contributed by atoms with van der Waals surface area (Å²) in [5, 5.41) is 11.0. The van der Waals surface area contributed by atoms with Crippen LogP contribution in [0.5, 0.6) is 5.75 Å². The zero-order valence-corrected chi connectivity index (χ0v) is 18.3. The molecule has 0 unspecified atom stereocenters. The van der Waals surface area contributed by atoms with Crippen LogP contribution < -0.4 is 4.74 Å². The average Bonchev–Trinajstić information content (AvgIpc) is 3.26. The van der Waals surface area contributed by atoms with Crippen LogP contribution in [-0.2, 0) is 16.3 Å². The van der Waals surface area contributed by atoms with Gasteiger partial charge >= 0.3 is 0 Å². The molecule has 29 heavy (non-hydrogen) atoms. The maximum Gasteiger partial charge on any atom is 0.175 e. The van der Waals surface area contributed by atoms with E-state index in [9.17, 15) is 13.5 Å². The van der Waals surface area contributed by atoms with Crippen molar-refractivity contribution in [1.82, 2.24) is 4.90 Å². The zero-order valence-electron chi connectivity index (χ0n) is 16.0. The van der Waals surface area contributed by atoms with Crippen molar-refractivity contribution in [2.45, 2.75) is 42.3 Å². The minimum atomic E-state index is -3.27. The molecule has 1 N–H and O–H groups in total. The van der Waals surface area contributed by atoms with Gasteiger partial charge in [-0.05, 0) is 67.8 Å². The third kappa shape index (κ3) is 4.14. The van der Waals surface area contributed by atoms with E-state index in [0.717, 1.165) is 30.5 Å². The van der Waals surface area contributed by atoms with Crippen LogP contribution in [0.2, 0.25) is 10.0 Å². The van der Waals surface area contributed by atoms with Crippen LogP contribution in [0.3, 0.4) is 0 Å². The molecule has 1 saturated heterocycles. The van der Waals surface area contributed by atoms with Crippen molar-refractivity contribution in [3.05, 3.63) is 57.6 Å². The Morgan fingerprint density at radius 1 is 1.21 bits per heavy atom. The summed E-state index contributed by atoms with van der Waals surface area (Å²) in [6.07, 6.45) is 3.57. The average molecular weight is 456 g/mol. The molecule has 0 amide bonds. The third-order valence-corrected chi connectivity index (χ3v) is 7.52. The topological polar surface area (TPSA) is 66.8 Å². The maximum atomic E-state index is 11.7. The SMILES string of the molecule is CS(=O)(=O)c1ccc(O[C@H]2c3cc(Cl)cc(Cl)c3C[C@@H]2N2CCC[C@H]2CO)cc1. The van der Waals surface area contributed by atoms with Gasteiger partial charge in [-0.2, -0.15) is 0 Å². The molecular formula is C21H23Cl2NO4S. The van der Waals surface area contributed by atoms with Crippen molar-refractivity contribution in [3.8, 4) is 5.75 Å². The minimum absolute atomic E-state index is 0.0233. The predicted molar refractivity (Wildman–Crippen MR) is 114 cm³/mol. The molecule has 1 fully saturated rings. The lowest BCUT2D eigenvalue weighted by Crippen LogP contribution is -2.44. The predicted octanol–water partition coefficient (Wildman–Crippen LogP) is 3.90. The Morgan fingerprint density at radius 3 is 2.59 bits per heavy atom. The first-order valence-electron chi connectivity index (χ1n) is 9.59. The third-order valence-electron chi connectivity index (χ3n) is 5.84. The molecular weight excluding hydrogens is 433 g/mol. The molecule has 156 valence electrons. The first-order chi connectivity index (χ1) is 13.8. The Labute approximate surface area is 181 Å². The number of rotatable bonds is 5. The molecule has 3 atom stereocenters. The van der Waals surface area contributed by atoms with Crippen molar-refractivity contribution in [2.24, 2.45) is 0 Å². The normalized spacial score (nSPS) is 24.6. The van der Waals surface area contributed by atoms with Gasteiger partial charge in [0.05, 0.1) is 17.5 Å². The maximum absolute atomic E-state index is 11.7. The molecule has 4 rings (SSSR count). The van der Waals surface area contributed by atoms with Crippen LogP contribution in [0, 0.1) is 0 Å². The number of aliphatic hydroxyl groups excluding tert-OH is 1. The number of likely N-dealkylation sites (tertiary alicyclic amines) is 1. The summed E-state index contributed by atoms with van der Waals surface area (Å²) in [6.45, 7) is 0.999. The second kappa shape index (κ2) is 8.08. The molecule has 1 heterocycles. The Morgan fingerprint density at radius 2 is 1.93 bits per heavy atom. The van der Waals surface area contributed by atoms with Gasteiger partial charge in [0.25, 0.3) is 0 Å². The van der Waals surface area contributed by atoms with Crippen LogP contribution in [0.25, 0.3) is 0 Å². The van der Waals surface area contributed by atoms with E-state index in [2.05, 4.69) is 4.90 Å². The largest absolute Gasteiger partial charge is 0.484 e. The van der Waals surface area contributed by atoms with Crippen LogP contribution >= 0.6 is 23.2 Å². The van der Waals surface area contributed by atoms with Crippen LogP contribution in [0.1, 0.15) is 30.1 Å². The molecule has 2 aliphatic rings. The van der Waals surface area contributed by atoms with Crippen molar-refractivity contribution in [1.29, 1.82) is 0 Å². The molecule has 1 aliphatic carbocycles. The van der Waals surface area contributed by atoms with E-state index in [0.29, 0.717) is 22.2 Å². The van der Waals surface area contributed by atoms with E-state index in [1.54, 1.807) is 30.3 Å². The highest BCUT2D eigenvalue weighted by atomic mass is 35.5. The number of aliphatic hydroxyl groups is 1. The summed E-state index contributed by atoms with van der Waals surface area (Å²) < 4.78 is 29.8. The fourth-order valence-corrected chi connectivity index (χ4v) is 5.67. The Kier molecular flexibility index (Phi) is 5.84. The minimum Gasteiger partial charge on any atom is -0.484 e. The second-order valence-corrected chi connectivity index (χ2v) is 10.6. The summed E-state index contributed by atoms with van der Waals surface area (Å²) in [6, 6.07) is 10.2. The monoisotopic (exact) mass is 455 g/mol. The fraction of sp³-hybridized carbons (Fsp3) is 0.429. The van der Waals surface area contributed by atoms with Gasteiger partial charge in [0.2, 0.25) is 0 Å². The number of benzene rings is 2. The Balaban J connectivity index is 1.69. The molecule has 2 aromatic rings. The molecule has 0 aromatic heterocycles. The summed E-state index contributed by atoms with van der Waals surface area (Å²) >= 11 is 12.8. The standard InChI is InChI=1S/C21H23Cl2NO4S/c1-29(26,27)16-6-4-15(5-7-16)28-21-18-9-13(22)10-19(23)17(18)11-20(21)24-8-2-3-14(24)12-25/h4-7,9-10,14,20-21,25H,2-3,8,11-12H2,1H3/t14-,20-,21-/m0/s1. The van der Waals surface area contributed by atoms with Crippen LogP contribution in [0.4, 0.5) is 0 Å². The Bertz CT molecular complexity index is 1010. The van der Waals surface area contributed by atoms with Gasteiger partial charge in [-0.15, -0.1) is 0 Å². The van der Waals surface area contributed by atoms with Crippen molar-refractivity contribution in [3.63, 3.8) is 0 Å². The molecule has 0 radical (unpaired) electrons. The van der Waals surface area contributed by atoms with Gasteiger partial charge in [-0.1, -0.05) is 23.2 Å². The van der Waals surface area contributed by atoms with Gasteiger partial charge in [0.1, 0.15) is 11.9 Å². The van der Waals surface area contributed by atoms with Crippen molar-refractivity contribution < 1.29 is 18.3 Å². The van der Waals surface area contributed by atoms with E-state index in [1.165, 1.54) is 6.26 Å². The lowest BCUT2D eigenvalue weighted by Gasteiger charge is -2.34. The highest BCUT2D eigenvalue weighted by molar-refractivity contribution is 7.90. The highest BCUT2D eigenvalue weighted by Gasteiger charge is 2.43. The van der Waals surface area contributed by atoms with Crippen LogP contribution in [0.15, 0.2) is 41.3 Å². The molecule has 1 aliphatic heterocycles. The number of ether oxygens (including phenoxy) is 1. The van der Waals surface area contributed by atoms with E-state index in [-0.39, 0.29) is 29.7 Å². The lowest BCUT2D eigenvalue weighted by molar-refractivity contribution is 0.0498. The summed E-state index contributed by atoms with van der Waals surface area (Å²) in [7, 11) is -3.27. The summed E-state index contributed by atoms with van der Waals surface area (Å²) in [5.74, 6) is 0.580. The van der Waals surface area contributed by atoms with E-state index < -0.39 is 9.84 Å². The molecule has 8 heteroatoms. The molecule has 2 aromatic carbocycles. The zero-order chi connectivity index (χ0) is 20.8. The highest BCUT2D eigenvalue weighted by Crippen LogP contribution is 2.44. The smallest absolute Gasteiger partial charge is 0.175 e. The van der Waals surface area contributed by atoms with Gasteiger partial charge in [0, 0.05) is 27.9 Å². The van der Waals surface area contributed by atoms with E-state index in [4.69, 9.17) is 27.9 Å². The lowest BCUT2D eigenvalue weighted by atomic mass is 10.1. The number of hydrogen-bond acceptors (Lipinski definition) is 5.